The van der Waals surface area contributed by atoms with Gasteiger partial charge in [-0.1, -0.05) is 20.3 Å². The van der Waals surface area contributed by atoms with E-state index >= 15 is 0 Å². The Labute approximate surface area is 113 Å². The summed E-state index contributed by atoms with van der Waals surface area (Å²) >= 11 is 0. The van der Waals surface area contributed by atoms with Gasteiger partial charge in [-0.3, -0.25) is 5.32 Å². The van der Waals surface area contributed by atoms with Crippen molar-refractivity contribution in [3.63, 3.8) is 0 Å². The molecular formula is C15H29N3. The van der Waals surface area contributed by atoms with Crippen LogP contribution in [0.15, 0.2) is 0 Å². The molecule has 0 saturated carbocycles. The first kappa shape index (κ1) is 15.5. The van der Waals surface area contributed by atoms with Gasteiger partial charge in [0.05, 0.1) is 6.07 Å². The van der Waals surface area contributed by atoms with Crippen molar-refractivity contribution in [1.82, 2.24) is 10.2 Å². The van der Waals surface area contributed by atoms with Gasteiger partial charge in [-0.05, 0) is 45.6 Å². The monoisotopic (exact) mass is 251 g/mol. The van der Waals surface area contributed by atoms with Crippen molar-refractivity contribution in [1.29, 1.82) is 5.26 Å². The summed E-state index contributed by atoms with van der Waals surface area (Å²) in [4.78, 5) is 2.57. The van der Waals surface area contributed by atoms with E-state index in [2.05, 4.69) is 37.1 Å². The third-order valence-corrected chi connectivity index (χ3v) is 4.40. The molecule has 3 nitrogen and oxygen atoms in total. The lowest BCUT2D eigenvalue weighted by Crippen LogP contribution is -2.47. The summed E-state index contributed by atoms with van der Waals surface area (Å²) in [5.41, 5.74) is -0.367. The van der Waals surface area contributed by atoms with Gasteiger partial charge in [0.15, 0.2) is 0 Å². The Kier molecular flexibility index (Phi) is 6.11. The quantitative estimate of drug-likeness (QED) is 0.789. The first-order chi connectivity index (χ1) is 8.54. The average molecular weight is 251 g/mol. The van der Waals surface area contributed by atoms with Crippen molar-refractivity contribution in [3.8, 4) is 6.07 Å². The van der Waals surface area contributed by atoms with Crippen molar-refractivity contribution in [3.05, 3.63) is 0 Å². The Balaban J connectivity index is 2.48. The lowest BCUT2D eigenvalue weighted by molar-refractivity contribution is 0.108. The molecule has 1 saturated heterocycles. The molecule has 0 aromatic heterocycles. The summed E-state index contributed by atoms with van der Waals surface area (Å²) < 4.78 is 0. The highest BCUT2D eigenvalue weighted by atomic mass is 15.2. The van der Waals surface area contributed by atoms with Gasteiger partial charge in [0.1, 0.15) is 5.54 Å². The van der Waals surface area contributed by atoms with Gasteiger partial charge in [0, 0.05) is 19.1 Å². The maximum atomic E-state index is 9.28. The number of piperidine rings is 1. The lowest BCUT2D eigenvalue weighted by Gasteiger charge is -2.39. The average Bonchev–Trinajstić information content (AvgIpc) is 2.38. The molecule has 1 heterocycles. The van der Waals surface area contributed by atoms with E-state index < -0.39 is 0 Å². The van der Waals surface area contributed by atoms with Crippen LogP contribution in [-0.2, 0) is 0 Å². The van der Waals surface area contributed by atoms with Gasteiger partial charge in [0.2, 0.25) is 0 Å². The maximum absolute atomic E-state index is 9.28. The van der Waals surface area contributed by atoms with Crippen molar-refractivity contribution < 1.29 is 0 Å². The summed E-state index contributed by atoms with van der Waals surface area (Å²) in [6.45, 7) is 11.8. The molecule has 3 atom stereocenters. The van der Waals surface area contributed by atoms with E-state index in [0.717, 1.165) is 25.4 Å². The van der Waals surface area contributed by atoms with Crippen molar-refractivity contribution in [2.75, 3.05) is 19.6 Å². The smallest absolute Gasteiger partial charge is 0.105 e. The van der Waals surface area contributed by atoms with Crippen LogP contribution >= 0.6 is 0 Å². The number of likely N-dealkylation sites (tertiary alicyclic amines) is 1. The highest BCUT2D eigenvalue weighted by molar-refractivity contribution is 5.04. The summed E-state index contributed by atoms with van der Waals surface area (Å²) in [6, 6.07) is 3.10. The predicted octanol–water partition coefficient (Wildman–Crippen LogP) is 2.78. The minimum absolute atomic E-state index is 0.367. The van der Waals surface area contributed by atoms with Crippen molar-refractivity contribution in [2.24, 2.45) is 5.92 Å². The second-order valence-corrected chi connectivity index (χ2v) is 5.92. The minimum atomic E-state index is -0.367. The van der Waals surface area contributed by atoms with Gasteiger partial charge in [-0.2, -0.15) is 5.26 Å². The molecule has 0 aliphatic carbocycles. The summed E-state index contributed by atoms with van der Waals surface area (Å²) in [7, 11) is 0. The summed E-state index contributed by atoms with van der Waals surface area (Å²) in [5, 5.41) is 12.6. The number of hydrogen-bond donors (Lipinski definition) is 1. The molecule has 0 spiro atoms. The van der Waals surface area contributed by atoms with Crippen LogP contribution in [0.4, 0.5) is 0 Å². The molecule has 0 aromatic rings. The van der Waals surface area contributed by atoms with Crippen LogP contribution in [0, 0.1) is 17.2 Å². The molecular weight excluding hydrogens is 222 g/mol. The first-order valence-corrected chi connectivity index (χ1v) is 7.45. The molecule has 0 amide bonds. The number of nitriles is 1. The van der Waals surface area contributed by atoms with Crippen molar-refractivity contribution in [2.45, 2.75) is 65.0 Å². The Morgan fingerprint density at radius 3 is 2.67 bits per heavy atom. The van der Waals surface area contributed by atoms with E-state index in [4.69, 9.17) is 0 Å². The zero-order valence-electron chi connectivity index (χ0n) is 12.5. The molecule has 1 aliphatic heterocycles. The zero-order chi connectivity index (χ0) is 13.6. The maximum Gasteiger partial charge on any atom is 0.105 e. The largest absolute Gasteiger partial charge is 0.300 e. The van der Waals surface area contributed by atoms with Crippen LogP contribution in [-0.4, -0.2) is 36.1 Å². The highest BCUT2D eigenvalue weighted by Gasteiger charge is 2.28. The Morgan fingerprint density at radius 1 is 1.39 bits per heavy atom. The van der Waals surface area contributed by atoms with E-state index in [0.29, 0.717) is 6.04 Å². The van der Waals surface area contributed by atoms with Gasteiger partial charge >= 0.3 is 0 Å². The second-order valence-electron chi connectivity index (χ2n) is 5.92. The van der Waals surface area contributed by atoms with Crippen LogP contribution in [0.2, 0.25) is 0 Å². The van der Waals surface area contributed by atoms with Gasteiger partial charge < -0.3 is 4.90 Å². The van der Waals surface area contributed by atoms with Crippen LogP contribution in [0.5, 0.6) is 0 Å². The van der Waals surface area contributed by atoms with E-state index in [9.17, 15) is 5.26 Å². The molecule has 0 bridgehead atoms. The van der Waals surface area contributed by atoms with E-state index in [-0.39, 0.29) is 5.54 Å². The van der Waals surface area contributed by atoms with Gasteiger partial charge in [-0.15, -0.1) is 0 Å². The van der Waals surface area contributed by atoms with Crippen LogP contribution in [0.25, 0.3) is 0 Å². The SMILES string of the molecule is CCNC(C)(C#N)CCN1CC(CC)CCC1C. The van der Waals surface area contributed by atoms with E-state index in [1.807, 2.05) is 6.92 Å². The fourth-order valence-electron chi connectivity index (χ4n) is 2.85. The third-order valence-electron chi connectivity index (χ3n) is 4.40. The molecule has 1 aliphatic rings. The minimum Gasteiger partial charge on any atom is -0.300 e. The molecule has 3 unspecified atom stereocenters. The number of rotatable bonds is 6. The molecule has 1 rings (SSSR count). The Hall–Kier alpha value is -0.590. The first-order valence-electron chi connectivity index (χ1n) is 7.45. The highest BCUT2D eigenvalue weighted by Crippen LogP contribution is 2.25. The predicted molar refractivity (Wildman–Crippen MR) is 76.4 cm³/mol. The summed E-state index contributed by atoms with van der Waals surface area (Å²) in [6.07, 6.45) is 4.88. The molecule has 0 aromatic carbocycles. The normalized spacial score (nSPS) is 28.6. The van der Waals surface area contributed by atoms with Crippen LogP contribution in [0.3, 0.4) is 0 Å². The van der Waals surface area contributed by atoms with Crippen LogP contribution < -0.4 is 5.32 Å². The second kappa shape index (κ2) is 7.11. The molecule has 18 heavy (non-hydrogen) atoms. The molecule has 1 N–H and O–H groups in total. The van der Waals surface area contributed by atoms with Crippen LogP contribution in [0.1, 0.15) is 53.4 Å². The topological polar surface area (TPSA) is 39.1 Å². The standard InChI is InChI=1S/C15H29N3/c1-5-14-8-7-13(3)18(11-14)10-9-15(4,12-16)17-6-2/h13-14,17H,5-11H2,1-4H3. The number of nitrogens with one attached hydrogen (secondary N) is 1. The number of hydrogen-bond acceptors (Lipinski definition) is 3. The van der Waals surface area contributed by atoms with Gasteiger partial charge in [0.25, 0.3) is 0 Å². The Morgan fingerprint density at radius 2 is 2.11 bits per heavy atom. The fraction of sp³-hybridized carbons (Fsp3) is 0.933. The molecule has 104 valence electrons. The fourth-order valence-corrected chi connectivity index (χ4v) is 2.85. The molecule has 3 heteroatoms. The molecule has 1 fully saturated rings. The lowest BCUT2D eigenvalue weighted by atomic mass is 9.90. The third kappa shape index (κ3) is 4.26. The Bertz CT molecular complexity index is 284. The number of nitrogens with zero attached hydrogens (tertiary/aromatic N) is 2. The van der Waals surface area contributed by atoms with Gasteiger partial charge in [-0.25, -0.2) is 0 Å². The van der Waals surface area contributed by atoms with Crippen molar-refractivity contribution >= 4 is 0 Å². The molecule has 0 radical (unpaired) electrons. The zero-order valence-corrected chi connectivity index (χ0v) is 12.5. The van der Waals surface area contributed by atoms with E-state index in [1.165, 1.54) is 25.8 Å². The van der Waals surface area contributed by atoms with E-state index in [1.54, 1.807) is 0 Å². The summed E-state index contributed by atoms with van der Waals surface area (Å²) in [5.74, 6) is 0.855.